The van der Waals surface area contributed by atoms with Crippen molar-refractivity contribution in [2.45, 2.75) is 99.6 Å². The summed E-state index contributed by atoms with van der Waals surface area (Å²) in [6.07, 6.45) is -22.2. The Morgan fingerprint density at radius 2 is 1.47 bits per heavy atom. The molecule has 2 amide bonds. The molecule has 53 heavy (non-hydrogen) atoms. The van der Waals surface area contributed by atoms with Gasteiger partial charge in [0.25, 0.3) is 5.56 Å². The van der Waals surface area contributed by atoms with Gasteiger partial charge in [-0.05, 0) is 0 Å². The summed E-state index contributed by atoms with van der Waals surface area (Å²) >= 11 is 0. The lowest BCUT2D eigenvalue weighted by molar-refractivity contribution is -0.325. The van der Waals surface area contributed by atoms with Crippen LogP contribution in [0.5, 0.6) is 0 Å². The number of nitrogens with zero attached hydrogens (tertiary/aromatic N) is 1. The number of phosphoric ester groups is 2. The number of carbonyl (C=O) groups excluding carboxylic acids is 2. The zero-order valence-corrected chi connectivity index (χ0v) is 28.8. The van der Waals surface area contributed by atoms with Crippen molar-refractivity contribution in [2.24, 2.45) is 0 Å². The van der Waals surface area contributed by atoms with Gasteiger partial charge in [0.05, 0.1) is 19.8 Å². The Kier molecular flexibility index (Phi) is 12.8. The summed E-state index contributed by atoms with van der Waals surface area (Å²) in [6, 6.07) is -3.04. The van der Waals surface area contributed by atoms with Gasteiger partial charge in [-0.2, -0.15) is 4.31 Å². The summed E-state index contributed by atoms with van der Waals surface area (Å²) in [5.74, 6) is -2.62. The predicted octanol–water partition coefficient (Wildman–Crippen LogP) is -6.68. The largest absolute Gasteiger partial charge is 0.483 e. The van der Waals surface area contributed by atoms with E-state index in [1.165, 1.54) is 0 Å². The number of aliphatic hydroxyl groups is 7. The van der Waals surface area contributed by atoms with Gasteiger partial charge >= 0.3 is 21.3 Å². The quantitative estimate of drug-likeness (QED) is 0.0776. The Balaban J connectivity index is 1.48. The maximum atomic E-state index is 13.0. The number of ether oxygens (including phenoxy) is 4. The van der Waals surface area contributed by atoms with E-state index in [9.17, 15) is 73.8 Å². The fourth-order valence-electron chi connectivity index (χ4n) is 5.57. The van der Waals surface area contributed by atoms with Crippen LogP contribution >= 0.6 is 15.6 Å². The molecule has 16 atom stereocenters. The minimum Gasteiger partial charge on any atom is -0.394 e. The lowest BCUT2D eigenvalue weighted by Crippen LogP contribution is -2.69. The number of aliphatic hydroxyl groups excluding tert-OH is 7. The molecule has 0 bridgehead atoms. The van der Waals surface area contributed by atoms with Crippen molar-refractivity contribution in [3.8, 4) is 0 Å². The van der Waals surface area contributed by atoms with Crippen LogP contribution < -0.4 is 21.9 Å². The molecule has 3 saturated heterocycles. The number of hydrogen-bond acceptors (Lipinski definition) is 20. The van der Waals surface area contributed by atoms with Crippen LogP contribution in [0.25, 0.3) is 0 Å². The van der Waals surface area contributed by atoms with E-state index in [2.05, 4.69) is 14.2 Å². The number of phosphoric acid groups is 2. The molecule has 3 fully saturated rings. The predicted molar refractivity (Wildman–Crippen MR) is 165 cm³/mol. The molecule has 1 aromatic heterocycles. The highest BCUT2D eigenvalue weighted by molar-refractivity contribution is 7.61. The topological polar surface area (TPSA) is 394 Å². The Bertz CT molecular complexity index is 1770. The Hall–Kier alpha value is -2.56. The van der Waals surface area contributed by atoms with Gasteiger partial charge in [0.15, 0.2) is 18.8 Å². The van der Waals surface area contributed by atoms with Gasteiger partial charge in [-0.3, -0.25) is 33.0 Å². The smallest absolute Gasteiger partial charge is 0.394 e. The molecule has 28 heteroatoms. The third-order valence-electron chi connectivity index (χ3n) is 8.00. The molecular weight excluding hydrogens is 770 g/mol. The summed E-state index contributed by atoms with van der Waals surface area (Å²) < 4.78 is 83.7. The molecule has 302 valence electrons. The van der Waals surface area contributed by atoms with Crippen molar-refractivity contribution in [1.82, 2.24) is 20.2 Å². The maximum absolute atomic E-state index is 13.0. The molecule has 4 rings (SSSR count). The second-order valence-corrected chi connectivity index (χ2v) is 14.7. The van der Waals surface area contributed by atoms with Gasteiger partial charge in [-0.1, -0.05) is 0 Å². The second-order valence-electron chi connectivity index (χ2n) is 11.7. The Morgan fingerprint density at radius 1 is 0.868 bits per heavy atom. The van der Waals surface area contributed by atoms with E-state index in [0.29, 0.717) is 4.57 Å². The van der Waals surface area contributed by atoms with E-state index >= 15 is 0 Å². The van der Waals surface area contributed by atoms with Crippen LogP contribution in [-0.4, -0.2) is 166 Å². The van der Waals surface area contributed by atoms with E-state index in [-0.39, 0.29) is 0 Å². The fourth-order valence-corrected chi connectivity index (χ4v) is 7.73. The van der Waals surface area contributed by atoms with Crippen LogP contribution in [0, 0.1) is 0 Å². The molecule has 4 heterocycles. The fraction of sp³-hybridized carbons (Fsp3) is 0.760. The van der Waals surface area contributed by atoms with Gasteiger partial charge in [0, 0.05) is 30.2 Å². The first-order chi connectivity index (χ1) is 25.9. The molecular formula is C25H40N4O22P2. The van der Waals surface area contributed by atoms with Gasteiger partial charge in [0.1, 0.15) is 67.0 Å². The summed E-state index contributed by atoms with van der Waals surface area (Å²) in [6.45, 7) is -5.65. The number of aromatic amines is 1. The molecule has 1 aromatic rings. The first kappa shape index (κ1) is 38.7. The summed E-state index contributed by atoms with van der Waals surface area (Å²) in [5.41, 5.74) is -1.86. The number of hydrogen-bond donors (Lipinski definition) is 12. The minimum absolute atomic E-state index is 0.678. The minimum atomic E-state index is -5.90. The molecule has 3 aliphatic rings. The lowest BCUT2D eigenvalue weighted by atomic mass is 9.94. The van der Waals surface area contributed by atoms with Crippen molar-refractivity contribution in [3.05, 3.63) is 33.1 Å². The zero-order valence-electron chi connectivity index (χ0n) is 30.0. The molecule has 3 aliphatic heterocycles. The Labute approximate surface area is 301 Å². The monoisotopic (exact) mass is 816 g/mol. The van der Waals surface area contributed by atoms with Crippen LogP contribution in [0.1, 0.15) is 24.1 Å². The third-order valence-corrected chi connectivity index (χ3v) is 10.6. The number of aromatic nitrogens is 2. The third kappa shape index (κ3) is 10.4. The Morgan fingerprint density at radius 3 is 2.08 bits per heavy atom. The molecule has 0 radical (unpaired) electrons. The average molecular weight is 817 g/mol. The highest BCUT2D eigenvalue weighted by Crippen LogP contribution is 2.61. The van der Waals surface area contributed by atoms with E-state index in [1.54, 1.807) is 0 Å². The highest BCUT2D eigenvalue weighted by atomic mass is 31.3. The SMILES string of the molecule is [3H]C([3H])([3H])C(=O)NC1C(OC2C(CO)OC(OP(=O)(O)OP(=O)(O)OC[C@H]3O[C@@H](n4ccc(=O)[nH]c4=O)[C@H](O)[C@@H]3O)C(NC(C)=O)C2O)OC(CO)C(O)C1O. The van der Waals surface area contributed by atoms with E-state index in [0.717, 1.165) is 19.2 Å². The maximum Gasteiger partial charge on any atom is 0.483 e. The molecule has 12 N–H and O–H groups in total. The van der Waals surface area contributed by atoms with Crippen molar-refractivity contribution >= 4 is 27.5 Å². The number of rotatable bonds is 14. The van der Waals surface area contributed by atoms with Crippen LogP contribution in [0.15, 0.2) is 21.9 Å². The van der Waals surface area contributed by atoms with Gasteiger partial charge in [-0.15, -0.1) is 0 Å². The lowest BCUT2D eigenvalue weighted by Gasteiger charge is -2.48. The van der Waals surface area contributed by atoms with Crippen LogP contribution in [-0.2, 0) is 51.0 Å². The first-order valence-electron chi connectivity index (χ1n) is 16.7. The van der Waals surface area contributed by atoms with Crippen molar-refractivity contribution in [2.75, 3.05) is 19.8 Å². The number of H-pyrrole nitrogens is 1. The molecule has 0 aliphatic carbocycles. The molecule has 26 nitrogen and oxygen atoms in total. The summed E-state index contributed by atoms with van der Waals surface area (Å²) in [7, 11) is -11.6. The normalized spacial score (nSPS) is 39.5. The summed E-state index contributed by atoms with van der Waals surface area (Å²) in [5, 5.41) is 76.7. The van der Waals surface area contributed by atoms with Crippen molar-refractivity contribution in [1.29, 1.82) is 0 Å². The molecule has 0 aromatic carbocycles. The summed E-state index contributed by atoms with van der Waals surface area (Å²) in [4.78, 5) is 70.3. The highest BCUT2D eigenvalue weighted by Gasteiger charge is 2.54. The number of carbonyl (C=O) groups is 2. The number of nitrogens with one attached hydrogen (secondary N) is 3. The van der Waals surface area contributed by atoms with Crippen molar-refractivity contribution in [3.63, 3.8) is 0 Å². The van der Waals surface area contributed by atoms with E-state index < -0.39 is 151 Å². The first-order valence-corrected chi connectivity index (χ1v) is 18.2. The second kappa shape index (κ2) is 17.5. The van der Waals surface area contributed by atoms with Gasteiger partial charge in [-0.25, -0.2) is 13.9 Å². The van der Waals surface area contributed by atoms with Crippen LogP contribution in [0.4, 0.5) is 0 Å². The van der Waals surface area contributed by atoms with Crippen molar-refractivity contribution < 1.29 is 101 Å². The standard InChI is InChI=1S/C25H40N4O22P2/c1-8(32)26-14-18(37)16(35)10(5-30)47-23(14)49-21-11(6-31)48-24(15(19(21)38)27-9(2)33)50-53(43,44)51-52(41,42)45-7-12-17(36)20(39)22(46-12)29-4-3-13(34)28-25(29)40/h3-4,10-12,14-24,30-31,35-39H,5-7H2,1-2H3,(H,26,32)(H,27,33)(H,41,42)(H,43,44)(H,28,34,40)/t10?,11?,12-,14?,15?,16?,17-,18?,19?,20-,21?,22-,23?,24?/m1/s1/i1T3. The number of amides is 2. The van der Waals surface area contributed by atoms with Gasteiger partial charge in [0.2, 0.25) is 11.8 Å². The molecule has 12 unspecified atom stereocenters. The van der Waals surface area contributed by atoms with E-state index in [4.69, 9.17) is 27.6 Å². The molecule has 0 saturated carbocycles. The average Bonchev–Trinajstić information content (AvgIpc) is 3.36. The van der Waals surface area contributed by atoms with Crippen LogP contribution in [0.3, 0.4) is 0 Å². The van der Waals surface area contributed by atoms with Crippen LogP contribution in [0.2, 0.25) is 0 Å². The zero-order chi connectivity index (χ0) is 42.1. The molecule has 0 spiro atoms. The van der Waals surface area contributed by atoms with Gasteiger partial charge < -0.3 is 75.1 Å². The van der Waals surface area contributed by atoms with E-state index in [1.807, 2.05) is 10.3 Å².